The molecule has 0 N–H and O–H groups in total. The zero-order chi connectivity index (χ0) is 54.8. The van der Waals surface area contributed by atoms with Crippen LogP contribution in [0.1, 0.15) is 94.6 Å². The minimum atomic E-state index is 1.33. The van der Waals surface area contributed by atoms with Crippen LogP contribution in [0.3, 0.4) is 0 Å². The van der Waals surface area contributed by atoms with E-state index < -0.39 is 0 Å². The summed E-state index contributed by atoms with van der Waals surface area (Å²) in [5.74, 6) is 0. The Kier molecular flexibility index (Phi) is 22.0. The molecule has 0 unspecified atom stereocenters. The van der Waals surface area contributed by atoms with Crippen LogP contribution in [0, 0.1) is 118 Å². The molecule has 0 nitrogen and oxygen atoms in total. The van der Waals surface area contributed by atoms with Crippen LogP contribution in [0.15, 0.2) is 200 Å². The molecule has 0 heterocycles. The summed E-state index contributed by atoms with van der Waals surface area (Å²) >= 11 is 0. The van der Waals surface area contributed by atoms with Crippen molar-refractivity contribution in [2.75, 3.05) is 0 Å². The third kappa shape index (κ3) is 17.5. The van der Waals surface area contributed by atoms with E-state index in [1.54, 1.807) is 0 Å². The van der Waals surface area contributed by atoms with Gasteiger partial charge in [0.15, 0.2) is 0 Å². The van der Waals surface area contributed by atoms with Crippen molar-refractivity contribution in [1.29, 1.82) is 0 Å². The number of rotatable bonds is 0. The zero-order valence-corrected chi connectivity index (χ0v) is 48.6. The van der Waals surface area contributed by atoms with E-state index in [4.69, 9.17) is 0 Å². The van der Waals surface area contributed by atoms with Gasteiger partial charge in [0, 0.05) is 0 Å². The summed E-state index contributed by atoms with van der Waals surface area (Å²) in [5.41, 5.74) is 23.1. The van der Waals surface area contributed by atoms with E-state index in [9.17, 15) is 0 Å². The minimum absolute atomic E-state index is 1.33. The molecule has 75 heavy (non-hydrogen) atoms. The maximum absolute atomic E-state index is 2.24. The van der Waals surface area contributed by atoms with Gasteiger partial charge in [-0.2, -0.15) is 0 Å². The van der Waals surface area contributed by atoms with E-state index in [0.29, 0.717) is 0 Å². The molecule has 0 aliphatic heterocycles. The average molecular weight is 985 g/mol. The molecule has 0 aliphatic rings. The molecule has 0 spiro atoms. The van der Waals surface area contributed by atoms with Crippen molar-refractivity contribution in [3.8, 4) is 0 Å². The molecule has 11 aromatic rings. The third-order valence-corrected chi connectivity index (χ3v) is 14.1. The molecule has 11 aromatic carbocycles. The van der Waals surface area contributed by atoms with E-state index in [1.807, 2.05) is 0 Å². The Bertz CT molecular complexity index is 3310. The molecule has 0 fully saturated rings. The molecule has 0 aliphatic carbocycles. The van der Waals surface area contributed by atoms with Gasteiger partial charge in [0.25, 0.3) is 0 Å². The Balaban J connectivity index is 0.000000164. The van der Waals surface area contributed by atoms with Gasteiger partial charge >= 0.3 is 0 Å². The monoisotopic (exact) mass is 985 g/mol. The lowest BCUT2D eigenvalue weighted by Crippen LogP contribution is -1.87. The molecular formula is C75H84. The van der Waals surface area contributed by atoms with E-state index in [2.05, 4.69) is 318 Å². The van der Waals surface area contributed by atoms with Crippen molar-refractivity contribution in [2.45, 2.75) is 118 Å². The van der Waals surface area contributed by atoms with Gasteiger partial charge in [-0.15, -0.1) is 0 Å². The summed E-state index contributed by atoms with van der Waals surface area (Å²) in [7, 11) is 0. The molecule has 0 heteroatoms. The summed E-state index contributed by atoms with van der Waals surface area (Å²) in [4.78, 5) is 0. The predicted octanol–water partition coefficient (Wildman–Crippen LogP) is 21.7. The van der Waals surface area contributed by atoms with Crippen LogP contribution in [0.2, 0.25) is 0 Å². The lowest BCUT2D eigenvalue weighted by atomic mass is 9.93. The Hall–Kier alpha value is -7.54. The molecule has 0 amide bonds. The number of hydrogen-bond acceptors (Lipinski definition) is 0. The summed E-state index contributed by atoms with van der Waals surface area (Å²) in [6, 6.07) is 71.2. The second kappa shape index (κ2) is 28.2. The number of hydrogen-bond donors (Lipinski definition) is 0. The van der Waals surface area contributed by atoms with Gasteiger partial charge in [-0.3, -0.25) is 0 Å². The van der Waals surface area contributed by atoms with Crippen molar-refractivity contribution in [3.05, 3.63) is 295 Å². The van der Waals surface area contributed by atoms with E-state index in [1.165, 1.54) is 138 Å². The quantitative estimate of drug-likeness (QED) is 0.133. The second-order valence-electron chi connectivity index (χ2n) is 20.9. The summed E-state index contributed by atoms with van der Waals surface area (Å²) in [5, 5.41) is 10.9. The van der Waals surface area contributed by atoms with Crippen LogP contribution in [-0.4, -0.2) is 0 Å². The lowest BCUT2D eigenvalue weighted by molar-refractivity contribution is 1.24. The van der Waals surface area contributed by atoms with E-state index >= 15 is 0 Å². The summed E-state index contributed by atoms with van der Waals surface area (Å²) < 4.78 is 0. The third-order valence-electron chi connectivity index (χ3n) is 14.1. The Morgan fingerprint density at radius 2 is 0.427 bits per heavy atom. The van der Waals surface area contributed by atoms with Crippen molar-refractivity contribution in [1.82, 2.24) is 0 Å². The molecule has 0 saturated carbocycles. The summed E-state index contributed by atoms with van der Waals surface area (Å²) in [6.07, 6.45) is 0. The van der Waals surface area contributed by atoms with Crippen LogP contribution in [0.4, 0.5) is 0 Å². The first-order valence-corrected chi connectivity index (χ1v) is 26.7. The summed E-state index contributed by atoms with van der Waals surface area (Å²) in [6.45, 7) is 36.4. The molecule has 0 atom stereocenters. The molecule has 11 rings (SSSR count). The fourth-order valence-electron chi connectivity index (χ4n) is 9.09. The van der Waals surface area contributed by atoms with Crippen LogP contribution >= 0.6 is 0 Å². The Morgan fingerprint density at radius 1 is 0.160 bits per heavy atom. The van der Waals surface area contributed by atoms with Crippen molar-refractivity contribution in [2.24, 2.45) is 0 Å². The van der Waals surface area contributed by atoms with Gasteiger partial charge in [0.2, 0.25) is 0 Å². The zero-order valence-electron chi connectivity index (χ0n) is 48.6. The molecule has 384 valence electrons. The molecule has 0 bridgehead atoms. The fraction of sp³-hybridized carbons (Fsp3) is 0.227. The van der Waals surface area contributed by atoms with Gasteiger partial charge in [-0.05, 0) is 216 Å². The molecular weight excluding hydrogens is 901 g/mol. The number of aryl methyl sites for hydroxylation is 17. The molecule has 0 aromatic heterocycles. The van der Waals surface area contributed by atoms with E-state index in [0.717, 1.165) is 0 Å². The maximum atomic E-state index is 2.24. The number of benzene rings is 11. The largest absolute Gasteiger partial charge is 0.0617 e. The lowest BCUT2D eigenvalue weighted by Gasteiger charge is -2.11. The van der Waals surface area contributed by atoms with Gasteiger partial charge in [0.1, 0.15) is 0 Å². The predicted molar refractivity (Wildman–Crippen MR) is 336 cm³/mol. The number of fused-ring (bicyclic) bond motifs is 4. The SMILES string of the molecule is Cc1c2ccccc2c(C)c2ccccc12.Cc1cc(C)c(C)cc1C.Cc1ccc(C)c(C)c1.Cc1ccc(C)c2ccccc12.Cc1ccc(C)cc1.Cc1ccc2cc(C)ccc2c1.Cc1cccc(C)c1. The molecule has 0 saturated heterocycles. The first kappa shape index (κ1) is 58.4. The first-order valence-electron chi connectivity index (χ1n) is 26.7. The van der Waals surface area contributed by atoms with Crippen molar-refractivity contribution < 1.29 is 0 Å². The van der Waals surface area contributed by atoms with Crippen LogP contribution < -0.4 is 0 Å². The van der Waals surface area contributed by atoms with Crippen LogP contribution in [-0.2, 0) is 0 Å². The minimum Gasteiger partial charge on any atom is -0.0617 e. The highest BCUT2D eigenvalue weighted by Crippen LogP contribution is 2.31. The van der Waals surface area contributed by atoms with Crippen molar-refractivity contribution in [3.63, 3.8) is 0 Å². The Labute approximate surface area is 453 Å². The van der Waals surface area contributed by atoms with Gasteiger partial charge in [0.05, 0.1) is 0 Å². The highest BCUT2D eigenvalue weighted by atomic mass is 14.1. The van der Waals surface area contributed by atoms with E-state index in [-0.39, 0.29) is 0 Å². The average Bonchev–Trinajstić information content (AvgIpc) is 3.39. The van der Waals surface area contributed by atoms with Crippen molar-refractivity contribution >= 4 is 43.1 Å². The van der Waals surface area contributed by atoms with Crippen LogP contribution in [0.5, 0.6) is 0 Å². The topological polar surface area (TPSA) is 0 Å². The standard InChI is InChI=1S/C16H14.2C12H12.C10H14.C9H12.2C8H10/c1-11-13-7-3-5-9-15(13)12(2)16-10-6-4-8-14(11)16;1-9-3-5-12-8-10(2)4-6-11(12)7-9;1-9-7-8-10(2)12-6-4-3-5-11(9)12;1-7-5-9(3)10(4)6-8(7)2;1-7-4-5-8(2)9(3)6-7;1-7-3-5-8(2)6-4-7;1-7-4-3-5-8(2)6-7/h3-10H,1-2H3;2*3-8H,1-2H3;5-6H,1-4H3;4-6H,1-3H3;2*3-6H,1-2H3. The second-order valence-corrected chi connectivity index (χ2v) is 20.9. The first-order chi connectivity index (χ1) is 35.7. The maximum Gasteiger partial charge on any atom is -0.0146 e. The fourth-order valence-corrected chi connectivity index (χ4v) is 9.09. The normalized spacial score (nSPS) is 10.2. The van der Waals surface area contributed by atoms with Gasteiger partial charge in [-0.1, -0.05) is 239 Å². The Morgan fingerprint density at radius 3 is 0.733 bits per heavy atom. The molecule has 0 radical (unpaired) electrons. The van der Waals surface area contributed by atoms with Gasteiger partial charge in [-0.25, -0.2) is 0 Å². The van der Waals surface area contributed by atoms with Gasteiger partial charge < -0.3 is 0 Å². The van der Waals surface area contributed by atoms with Crippen LogP contribution in [0.25, 0.3) is 43.1 Å². The highest BCUT2D eigenvalue weighted by molar-refractivity contribution is 6.05. The smallest absolute Gasteiger partial charge is 0.0146 e. The highest BCUT2D eigenvalue weighted by Gasteiger charge is 2.07.